The van der Waals surface area contributed by atoms with Gasteiger partial charge in [-0.05, 0) is 25.7 Å². The van der Waals surface area contributed by atoms with Crippen LogP contribution in [0.25, 0.3) is 0 Å². The number of unbranched alkanes of at least 4 members (excludes halogenated alkanes) is 1. The van der Waals surface area contributed by atoms with E-state index in [9.17, 15) is 4.79 Å². The van der Waals surface area contributed by atoms with E-state index in [2.05, 4.69) is 25.7 Å². The van der Waals surface area contributed by atoms with E-state index >= 15 is 0 Å². The van der Waals surface area contributed by atoms with Gasteiger partial charge in [0, 0.05) is 19.0 Å². The molecule has 1 amide bonds. The average molecular weight is 197 g/mol. The topological polar surface area (TPSA) is 20.3 Å². The van der Waals surface area contributed by atoms with Gasteiger partial charge in [-0.25, -0.2) is 0 Å². The molecular formula is C12H23NO. The van der Waals surface area contributed by atoms with E-state index < -0.39 is 0 Å². The van der Waals surface area contributed by atoms with Crippen LogP contribution in [0.2, 0.25) is 0 Å². The standard InChI is InChI=1S/C12H23NO/c1-4-5-7-10(2)11(3)13-9-6-8-12(13)14/h10-11H,4-9H2,1-3H3. The second-order valence-corrected chi connectivity index (χ2v) is 4.55. The molecule has 0 N–H and O–H groups in total. The van der Waals surface area contributed by atoms with Crippen molar-refractivity contribution in [1.82, 2.24) is 4.90 Å². The molecule has 0 saturated carbocycles. The highest BCUT2D eigenvalue weighted by Crippen LogP contribution is 2.22. The minimum atomic E-state index is 0.362. The van der Waals surface area contributed by atoms with Crippen molar-refractivity contribution in [2.24, 2.45) is 5.92 Å². The van der Waals surface area contributed by atoms with Gasteiger partial charge in [-0.3, -0.25) is 4.79 Å². The van der Waals surface area contributed by atoms with Crippen LogP contribution in [0.4, 0.5) is 0 Å². The molecule has 1 heterocycles. The largest absolute Gasteiger partial charge is 0.340 e. The number of rotatable bonds is 5. The Bertz CT molecular complexity index is 191. The molecule has 2 atom stereocenters. The van der Waals surface area contributed by atoms with Crippen LogP contribution in [0.1, 0.15) is 52.9 Å². The number of hydrogen-bond donors (Lipinski definition) is 0. The Morgan fingerprint density at radius 1 is 1.43 bits per heavy atom. The molecule has 82 valence electrons. The first kappa shape index (κ1) is 11.5. The summed E-state index contributed by atoms with van der Waals surface area (Å²) in [6, 6.07) is 0.441. The van der Waals surface area contributed by atoms with Gasteiger partial charge in [-0.2, -0.15) is 0 Å². The second kappa shape index (κ2) is 5.38. The molecule has 1 rings (SSSR count). The molecule has 14 heavy (non-hydrogen) atoms. The molecule has 2 nitrogen and oxygen atoms in total. The quantitative estimate of drug-likeness (QED) is 0.663. The van der Waals surface area contributed by atoms with Gasteiger partial charge in [0.05, 0.1) is 0 Å². The zero-order chi connectivity index (χ0) is 10.6. The van der Waals surface area contributed by atoms with Gasteiger partial charge in [-0.1, -0.05) is 26.7 Å². The lowest BCUT2D eigenvalue weighted by atomic mass is 9.96. The van der Waals surface area contributed by atoms with Crippen molar-refractivity contribution in [2.75, 3.05) is 6.54 Å². The van der Waals surface area contributed by atoms with Crippen molar-refractivity contribution in [1.29, 1.82) is 0 Å². The van der Waals surface area contributed by atoms with Crippen LogP contribution in [0.15, 0.2) is 0 Å². The van der Waals surface area contributed by atoms with Crippen LogP contribution in [0.5, 0.6) is 0 Å². The number of carbonyl (C=O) groups is 1. The molecule has 0 aromatic carbocycles. The third-order valence-corrected chi connectivity index (χ3v) is 3.44. The van der Waals surface area contributed by atoms with Crippen LogP contribution >= 0.6 is 0 Å². The molecule has 2 unspecified atom stereocenters. The van der Waals surface area contributed by atoms with Gasteiger partial charge in [-0.15, -0.1) is 0 Å². The van der Waals surface area contributed by atoms with Crippen LogP contribution in [0, 0.1) is 5.92 Å². The third kappa shape index (κ3) is 2.73. The van der Waals surface area contributed by atoms with E-state index in [4.69, 9.17) is 0 Å². The Kier molecular flexibility index (Phi) is 4.43. The monoisotopic (exact) mass is 197 g/mol. The molecule has 2 heteroatoms. The number of amides is 1. The molecule has 0 radical (unpaired) electrons. The molecule has 1 fully saturated rings. The Balaban J connectivity index is 2.38. The lowest BCUT2D eigenvalue weighted by molar-refractivity contribution is -0.130. The third-order valence-electron chi connectivity index (χ3n) is 3.44. The Hall–Kier alpha value is -0.530. The van der Waals surface area contributed by atoms with Gasteiger partial charge >= 0.3 is 0 Å². The smallest absolute Gasteiger partial charge is 0.222 e. The number of likely N-dealkylation sites (tertiary alicyclic amines) is 1. The summed E-state index contributed by atoms with van der Waals surface area (Å²) in [7, 11) is 0. The second-order valence-electron chi connectivity index (χ2n) is 4.55. The van der Waals surface area contributed by atoms with E-state index in [1.54, 1.807) is 0 Å². The summed E-state index contributed by atoms with van der Waals surface area (Å²) in [5, 5.41) is 0. The van der Waals surface area contributed by atoms with Crippen molar-refractivity contribution < 1.29 is 4.79 Å². The van der Waals surface area contributed by atoms with E-state index in [0.717, 1.165) is 19.4 Å². The number of nitrogens with zero attached hydrogens (tertiary/aromatic N) is 1. The Morgan fingerprint density at radius 3 is 2.64 bits per heavy atom. The first-order chi connectivity index (χ1) is 6.66. The number of carbonyl (C=O) groups excluding carboxylic acids is 1. The minimum absolute atomic E-state index is 0.362. The highest BCUT2D eigenvalue weighted by molar-refractivity contribution is 5.78. The molecule has 0 aromatic rings. The van der Waals surface area contributed by atoms with Crippen molar-refractivity contribution in [3.8, 4) is 0 Å². The highest BCUT2D eigenvalue weighted by Gasteiger charge is 2.27. The van der Waals surface area contributed by atoms with Gasteiger partial charge < -0.3 is 4.90 Å². The Labute approximate surface area is 87.7 Å². The van der Waals surface area contributed by atoms with Gasteiger partial charge in [0.2, 0.25) is 5.91 Å². The Morgan fingerprint density at radius 2 is 2.14 bits per heavy atom. The van der Waals surface area contributed by atoms with E-state index in [-0.39, 0.29) is 0 Å². The fraction of sp³-hybridized carbons (Fsp3) is 0.917. The first-order valence-electron chi connectivity index (χ1n) is 5.96. The fourth-order valence-electron chi connectivity index (χ4n) is 2.17. The molecule has 0 bridgehead atoms. The first-order valence-corrected chi connectivity index (χ1v) is 5.96. The summed E-state index contributed by atoms with van der Waals surface area (Å²) >= 11 is 0. The van der Waals surface area contributed by atoms with E-state index in [0.29, 0.717) is 17.9 Å². The summed E-state index contributed by atoms with van der Waals surface area (Å²) in [6.45, 7) is 7.67. The summed E-state index contributed by atoms with van der Waals surface area (Å²) in [5.74, 6) is 1.01. The SMILES string of the molecule is CCCCC(C)C(C)N1CCCC1=O. The van der Waals surface area contributed by atoms with Crippen LogP contribution < -0.4 is 0 Å². The maximum absolute atomic E-state index is 11.5. The van der Waals surface area contributed by atoms with Gasteiger partial charge in [0.25, 0.3) is 0 Å². The fourth-order valence-corrected chi connectivity index (χ4v) is 2.17. The molecule has 0 spiro atoms. The average Bonchev–Trinajstić information content (AvgIpc) is 2.59. The van der Waals surface area contributed by atoms with Crippen molar-refractivity contribution in [3.63, 3.8) is 0 Å². The molecule has 0 aromatic heterocycles. The predicted molar refractivity (Wildman–Crippen MR) is 59.1 cm³/mol. The van der Waals surface area contributed by atoms with E-state index in [1.165, 1.54) is 19.3 Å². The molecule has 0 aliphatic carbocycles. The molecule has 1 saturated heterocycles. The number of hydrogen-bond acceptors (Lipinski definition) is 1. The lowest BCUT2D eigenvalue weighted by Crippen LogP contribution is -2.38. The lowest BCUT2D eigenvalue weighted by Gasteiger charge is -2.29. The maximum Gasteiger partial charge on any atom is 0.222 e. The predicted octanol–water partition coefficient (Wildman–Crippen LogP) is 2.82. The zero-order valence-corrected chi connectivity index (χ0v) is 9.75. The molecular weight excluding hydrogens is 174 g/mol. The molecule has 1 aliphatic rings. The summed E-state index contributed by atoms with van der Waals surface area (Å²) < 4.78 is 0. The zero-order valence-electron chi connectivity index (χ0n) is 9.75. The maximum atomic E-state index is 11.5. The summed E-state index contributed by atoms with van der Waals surface area (Å²) in [6.07, 6.45) is 5.62. The van der Waals surface area contributed by atoms with Crippen LogP contribution in [-0.4, -0.2) is 23.4 Å². The normalized spacial score (nSPS) is 21.4. The highest BCUT2D eigenvalue weighted by atomic mass is 16.2. The van der Waals surface area contributed by atoms with Crippen molar-refractivity contribution >= 4 is 5.91 Å². The van der Waals surface area contributed by atoms with Crippen LogP contribution in [0.3, 0.4) is 0 Å². The molecule has 1 aliphatic heterocycles. The van der Waals surface area contributed by atoms with Crippen molar-refractivity contribution in [3.05, 3.63) is 0 Å². The minimum Gasteiger partial charge on any atom is -0.340 e. The summed E-state index contributed by atoms with van der Waals surface area (Å²) in [5.41, 5.74) is 0. The van der Waals surface area contributed by atoms with Gasteiger partial charge in [0.1, 0.15) is 0 Å². The van der Waals surface area contributed by atoms with E-state index in [1.807, 2.05) is 0 Å². The van der Waals surface area contributed by atoms with Crippen LogP contribution in [-0.2, 0) is 4.79 Å². The van der Waals surface area contributed by atoms with Crippen molar-refractivity contribution in [2.45, 2.75) is 58.9 Å². The summed E-state index contributed by atoms with van der Waals surface area (Å²) in [4.78, 5) is 13.6. The van der Waals surface area contributed by atoms with Gasteiger partial charge in [0.15, 0.2) is 0 Å².